The first-order valence-corrected chi connectivity index (χ1v) is 6.14. The van der Waals surface area contributed by atoms with Gasteiger partial charge >= 0.3 is 0 Å². The second-order valence-corrected chi connectivity index (χ2v) is 5.49. The van der Waals surface area contributed by atoms with E-state index in [2.05, 4.69) is 23.7 Å². The number of hydrogen-bond acceptors (Lipinski definition) is 3. The van der Waals surface area contributed by atoms with Crippen LogP contribution in [0.25, 0.3) is 0 Å². The summed E-state index contributed by atoms with van der Waals surface area (Å²) in [5, 5.41) is 9.32. The zero-order valence-electron chi connectivity index (χ0n) is 10.4. The molecule has 1 heterocycles. The quantitative estimate of drug-likeness (QED) is 0.826. The average molecular weight is 250 g/mol. The van der Waals surface area contributed by atoms with Crippen LogP contribution in [0.4, 0.5) is 5.82 Å². The summed E-state index contributed by atoms with van der Waals surface area (Å²) in [7, 11) is 2.01. The van der Waals surface area contributed by atoms with E-state index in [9.17, 15) is 0 Å². The second-order valence-electron chi connectivity index (χ2n) is 5.08. The number of anilines is 1. The third kappa shape index (κ3) is 2.23. The standard InChI is InChI=1S/C13H16ClN3/c1-9(13(2)4-5-13)17(3)12-11(14)6-10(7-15)8-16-12/h6,8-9H,4-5H2,1-3H3. The number of rotatable bonds is 3. The molecule has 90 valence electrons. The Labute approximate surface area is 107 Å². The molecule has 1 aliphatic carbocycles. The maximum absolute atomic E-state index is 8.78. The summed E-state index contributed by atoms with van der Waals surface area (Å²) in [6.45, 7) is 4.48. The fourth-order valence-corrected chi connectivity index (χ4v) is 2.32. The van der Waals surface area contributed by atoms with Crippen molar-refractivity contribution in [3.8, 4) is 6.07 Å². The predicted molar refractivity (Wildman–Crippen MR) is 69.2 cm³/mol. The summed E-state index contributed by atoms with van der Waals surface area (Å²) in [6.07, 6.45) is 4.08. The zero-order chi connectivity index (χ0) is 12.6. The van der Waals surface area contributed by atoms with E-state index >= 15 is 0 Å². The Morgan fingerprint density at radius 1 is 1.59 bits per heavy atom. The van der Waals surface area contributed by atoms with Gasteiger partial charge in [0.1, 0.15) is 11.9 Å². The van der Waals surface area contributed by atoms with Crippen LogP contribution in [0.3, 0.4) is 0 Å². The van der Waals surface area contributed by atoms with E-state index in [4.69, 9.17) is 16.9 Å². The first kappa shape index (κ1) is 12.2. The van der Waals surface area contributed by atoms with Crippen LogP contribution in [-0.2, 0) is 0 Å². The van der Waals surface area contributed by atoms with Gasteiger partial charge in [0, 0.05) is 19.3 Å². The molecule has 1 aliphatic rings. The molecular formula is C13H16ClN3. The highest BCUT2D eigenvalue weighted by molar-refractivity contribution is 6.33. The number of nitriles is 1. The summed E-state index contributed by atoms with van der Waals surface area (Å²) in [5.41, 5.74) is 0.880. The maximum atomic E-state index is 8.78. The molecule has 1 atom stereocenters. The lowest BCUT2D eigenvalue weighted by atomic mass is 9.99. The normalized spacial score (nSPS) is 18.3. The number of pyridine rings is 1. The van der Waals surface area contributed by atoms with Crippen LogP contribution in [-0.4, -0.2) is 18.1 Å². The van der Waals surface area contributed by atoms with Crippen molar-refractivity contribution in [3.05, 3.63) is 22.8 Å². The molecule has 0 amide bonds. The Bertz CT molecular complexity index is 474. The van der Waals surface area contributed by atoms with Crippen molar-refractivity contribution in [1.29, 1.82) is 5.26 Å². The second kappa shape index (κ2) is 4.19. The molecule has 17 heavy (non-hydrogen) atoms. The summed E-state index contributed by atoms with van der Waals surface area (Å²) < 4.78 is 0. The summed E-state index contributed by atoms with van der Waals surface area (Å²) >= 11 is 6.16. The smallest absolute Gasteiger partial charge is 0.147 e. The van der Waals surface area contributed by atoms with Crippen molar-refractivity contribution in [2.75, 3.05) is 11.9 Å². The van der Waals surface area contributed by atoms with Gasteiger partial charge in [-0.3, -0.25) is 0 Å². The molecule has 0 spiro atoms. The van der Waals surface area contributed by atoms with Crippen LogP contribution in [0.2, 0.25) is 5.02 Å². The van der Waals surface area contributed by atoms with Gasteiger partial charge in [-0.15, -0.1) is 0 Å². The molecule has 0 aliphatic heterocycles. The first-order chi connectivity index (χ1) is 7.98. The highest BCUT2D eigenvalue weighted by Gasteiger charge is 2.44. The van der Waals surface area contributed by atoms with Crippen molar-refractivity contribution in [1.82, 2.24) is 4.98 Å². The van der Waals surface area contributed by atoms with Crippen molar-refractivity contribution in [2.24, 2.45) is 5.41 Å². The molecule has 0 aromatic carbocycles. The van der Waals surface area contributed by atoms with Crippen molar-refractivity contribution in [2.45, 2.75) is 32.7 Å². The van der Waals surface area contributed by atoms with Crippen molar-refractivity contribution in [3.63, 3.8) is 0 Å². The van der Waals surface area contributed by atoms with Gasteiger partial charge in [0.15, 0.2) is 0 Å². The predicted octanol–water partition coefficient (Wildman–Crippen LogP) is 3.23. The summed E-state index contributed by atoms with van der Waals surface area (Å²) in [4.78, 5) is 6.39. The van der Waals surface area contributed by atoms with Gasteiger partial charge in [-0.1, -0.05) is 18.5 Å². The molecule has 4 heteroatoms. The minimum absolute atomic E-state index is 0.383. The minimum Gasteiger partial charge on any atom is -0.355 e. The Hall–Kier alpha value is -1.27. The molecule has 1 unspecified atom stereocenters. The first-order valence-electron chi connectivity index (χ1n) is 5.76. The Morgan fingerprint density at radius 3 is 2.71 bits per heavy atom. The van der Waals surface area contributed by atoms with E-state index in [1.807, 2.05) is 13.1 Å². The van der Waals surface area contributed by atoms with Crippen LogP contribution >= 0.6 is 11.6 Å². The summed E-state index contributed by atoms with van der Waals surface area (Å²) in [5.74, 6) is 0.756. The lowest BCUT2D eigenvalue weighted by Gasteiger charge is -2.31. The Morgan fingerprint density at radius 2 is 2.24 bits per heavy atom. The van der Waals surface area contributed by atoms with Crippen LogP contribution in [0, 0.1) is 16.7 Å². The van der Waals surface area contributed by atoms with Gasteiger partial charge in [-0.2, -0.15) is 5.26 Å². The molecule has 0 N–H and O–H groups in total. The Kier molecular flexibility index (Phi) is 3.01. The molecule has 1 fully saturated rings. The molecule has 1 aromatic rings. The van der Waals surface area contributed by atoms with E-state index in [1.165, 1.54) is 12.8 Å². The molecule has 3 nitrogen and oxygen atoms in total. The number of nitrogens with zero attached hydrogens (tertiary/aromatic N) is 3. The average Bonchev–Trinajstić information content (AvgIpc) is 3.06. The highest BCUT2D eigenvalue weighted by atomic mass is 35.5. The van der Waals surface area contributed by atoms with Gasteiger partial charge < -0.3 is 4.90 Å². The number of hydrogen-bond donors (Lipinski definition) is 0. The van der Waals surface area contributed by atoms with E-state index in [0.717, 1.165) is 5.82 Å². The zero-order valence-corrected chi connectivity index (χ0v) is 11.1. The van der Waals surface area contributed by atoms with E-state index in [-0.39, 0.29) is 0 Å². The third-order valence-corrected chi connectivity index (χ3v) is 4.19. The Balaban J connectivity index is 2.25. The SMILES string of the molecule is CC(N(C)c1ncc(C#N)cc1Cl)C1(C)CC1. The van der Waals surface area contributed by atoms with Gasteiger partial charge in [0.25, 0.3) is 0 Å². The van der Waals surface area contributed by atoms with E-state index in [1.54, 1.807) is 12.3 Å². The van der Waals surface area contributed by atoms with Gasteiger partial charge in [0.05, 0.1) is 10.6 Å². The van der Waals surface area contributed by atoms with Gasteiger partial charge in [-0.25, -0.2) is 4.98 Å². The van der Waals surface area contributed by atoms with Crippen LogP contribution in [0.5, 0.6) is 0 Å². The van der Waals surface area contributed by atoms with Crippen LogP contribution < -0.4 is 4.90 Å². The maximum Gasteiger partial charge on any atom is 0.147 e. The fraction of sp³-hybridized carbons (Fsp3) is 0.538. The van der Waals surface area contributed by atoms with Gasteiger partial charge in [0.2, 0.25) is 0 Å². The molecule has 0 bridgehead atoms. The van der Waals surface area contributed by atoms with E-state index < -0.39 is 0 Å². The lowest BCUT2D eigenvalue weighted by molar-refractivity contribution is 0.445. The molecule has 1 aromatic heterocycles. The molecule has 1 saturated carbocycles. The van der Waals surface area contributed by atoms with Crippen LogP contribution in [0.15, 0.2) is 12.3 Å². The third-order valence-electron chi connectivity index (χ3n) is 3.91. The molecule has 0 radical (unpaired) electrons. The number of aromatic nitrogens is 1. The highest BCUT2D eigenvalue weighted by Crippen LogP contribution is 2.50. The van der Waals surface area contributed by atoms with Crippen molar-refractivity contribution < 1.29 is 0 Å². The topological polar surface area (TPSA) is 39.9 Å². The molecule has 2 rings (SSSR count). The van der Waals surface area contributed by atoms with Gasteiger partial charge in [-0.05, 0) is 31.2 Å². The monoisotopic (exact) mass is 249 g/mol. The largest absolute Gasteiger partial charge is 0.355 e. The lowest BCUT2D eigenvalue weighted by Crippen LogP contribution is -2.36. The fourth-order valence-electron chi connectivity index (χ4n) is 2.02. The molecular weight excluding hydrogens is 234 g/mol. The van der Waals surface area contributed by atoms with Crippen molar-refractivity contribution >= 4 is 17.4 Å². The molecule has 0 saturated heterocycles. The van der Waals surface area contributed by atoms with Crippen LogP contribution in [0.1, 0.15) is 32.3 Å². The number of halogens is 1. The van der Waals surface area contributed by atoms with E-state index in [0.29, 0.717) is 22.0 Å². The summed E-state index contributed by atoms with van der Waals surface area (Å²) in [6, 6.07) is 4.11. The minimum atomic E-state index is 0.383.